The van der Waals surface area contributed by atoms with Crippen molar-refractivity contribution in [3.05, 3.63) is 42.1 Å². The van der Waals surface area contributed by atoms with E-state index in [0.717, 1.165) is 0 Å². The quantitative estimate of drug-likeness (QED) is 0.872. The van der Waals surface area contributed by atoms with Crippen LogP contribution in [0.2, 0.25) is 0 Å². The lowest BCUT2D eigenvalue weighted by Crippen LogP contribution is -2.16. The molecule has 0 bridgehead atoms. The van der Waals surface area contributed by atoms with Crippen LogP contribution in [0, 0.1) is 0 Å². The van der Waals surface area contributed by atoms with Gasteiger partial charge in [-0.3, -0.25) is 4.79 Å². The first-order chi connectivity index (χ1) is 8.58. The molecule has 2 rings (SSSR count). The number of carbonyl (C=O) groups excluding carboxylic acids is 1. The molecule has 1 aromatic carbocycles. The van der Waals surface area contributed by atoms with Crippen LogP contribution >= 0.6 is 0 Å². The number of benzene rings is 1. The lowest BCUT2D eigenvalue weighted by molar-refractivity contribution is 0.102. The van der Waals surface area contributed by atoms with Gasteiger partial charge in [0.25, 0.3) is 5.91 Å². The molecular weight excluding hydrogens is 230 g/mol. The maximum atomic E-state index is 12.0. The van der Waals surface area contributed by atoms with Crippen LogP contribution in [0.1, 0.15) is 30.2 Å². The molecule has 1 amide bonds. The minimum absolute atomic E-state index is 0.0695. The van der Waals surface area contributed by atoms with Crippen LogP contribution in [0.25, 0.3) is 0 Å². The third-order valence-electron chi connectivity index (χ3n) is 2.51. The molecule has 1 heterocycles. The highest BCUT2D eigenvalue weighted by atomic mass is 16.3. The molecule has 0 saturated carbocycles. The molecule has 1 aromatic heterocycles. The highest BCUT2D eigenvalue weighted by Crippen LogP contribution is 2.16. The number of amides is 1. The Balaban J connectivity index is 2.19. The maximum absolute atomic E-state index is 12.0. The van der Waals surface area contributed by atoms with E-state index >= 15 is 0 Å². The first-order valence-corrected chi connectivity index (χ1v) is 5.72. The van der Waals surface area contributed by atoms with Crippen molar-refractivity contribution in [1.82, 2.24) is 9.78 Å². The molecule has 0 saturated heterocycles. The Kier molecular flexibility index (Phi) is 3.32. The van der Waals surface area contributed by atoms with Gasteiger partial charge in [0, 0.05) is 17.7 Å². The van der Waals surface area contributed by atoms with E-state index < -0.39 is 0 Å². The summed E-state index contributed by atoms with van der Waals surface area (Å²) in [5, 5.41) is 16.2. The summed E-state index contributed by atoms with van der Waals surface area (Å²) in [6, 6.07) is 8.12. The number of rotatable bonds is 3. The highest BCUT2D eigenvalue weighted by Gasteiger charge is 2.11. The Morgan fingerprint density at radius 1 is 1.39 bits per heavy atom. The minimum Gasteiger partial charge on any atom is -0.508 e. The lowest BCUT2D eigenvalue weighted by Gasteiger charge is -2.11. The van der Waals surface area contributed by atoms with Gasteiger partial charge in [0.1, 0.15) is 11.6 Å². The molecule has 18 heavy (non-hydrogen) atoms. The zero-order chi connectivity index (χ0) is 13.1. The normalized spacial score (nSPS) is 10.6. The molecule has 0 aliphatic carbocycles. The molecule has 2 N–H and O–H groups in total. The van der Waals surface area contributed by atoms with Crippen molar-refractivity contribution < 1.29 is 9.90 Å². The Hall–Kier alpha value is -2.30. The number of nitrogens with one attached hydrogen (secondary N) is 1. The number of aromatic hydroxyl groups is 1. The van der Waals surface area contributed by atoms with E-state index in [-0.39, 0.29) is 17.7 Å². The topological polar surface area (TPSA) is 67.2 Å². The fraction of sp³-hybridized carbons (Fsp3) is 0.231. The SMILES string of the molecule is CC(C)n1nccc1NC(=O)c1cccc(O)c1. The molecule has 0 fully saturated rings. The smallest absolute Gasteiger partial charge is 0.256 e. The van der Waals surface area contributed by atoms with Crippen molar-refractivity contribution in [1.29, 1.82) is 0 Å². The number of phenols is 1. The van der Waals surface area contributed by atoms with Crippen LogP contribution in [-0.2, 0) is 0 Å². The zero-order valence-electron chi connectivity index (χ0n) is 10.3. The molecule has 0 unspecified atom stereocenters. The van der Waals surface area contributed by atoms with Gasteiger partial charge < -0.3 is 10.4 Å². The van der Waals surface area contributed by atoms with Gasteiger partial charge in [0.2, 0.25) is 0 Å². The van der Waals surface area contributed by atoms with Gasteiger partial charge in [-0.25, -0.2) is 4.68 Å². The molecular formula is C13H15N3O2. The van der Waals surface area contributed by atoms with Crippen LogP contribution in [0.15, 0.2) is 36.5 Å². The molecule has 0 aliphatic rings. The third-order valence-corrected chi connectivity index (χ3v) is 2.51. The molecule has 0 aliphatic heterocycles. The van der Waals surface area contributed by atoms with Crippen LogP contribution in [-0.4, -0.2) is 20.8 Å². The van der Waals surface area contributed by atoms with Gasteiger partial charge in [-0.1, -0.05) is 6.07 Å². The number of aromatic nitrogens is 2. The second-order valence-electron chi connectivity index (χ2n) is 4.26. The zero-order valence-corrected chi connectivity index (χ0v) is 10.3. The summed E-state index contributed by atoms with van der Waals surface area (Å²) in [6.45, 7) is 3.97. The van der Waals surface area contributed by atoms with Crippen molar-refractivity contribution in [3.63, 3.8) is 0 Å². The summed E-state index contributed by atoms with van der Waals surface area (Å²) in [5.74, 6) is 0.437. The first kappa shape index (κ1) is 12.2. The Morgan fingerprint density at radius 3 is 2.83 bits per heavy atom. The average molecular weight is 245 g/mol. The summed E-state index contributed by atoms with van der Waals surface area (Å²) in [4.78, 5) is 12.0. The largest absolute Gasteiger partial charge is 0.508 e. The van der Waals surface area contributed by atoms with E-state index in [1.807, 2.05) is 13.8 Å². The molecule has 5 nitrogen and oxygen atoms in total. The van der Waals surface area contributed by atoms with Crippen molar-refractivity contribution in [2.75, 3.05) is 5.32 Å². The van der Waals surface area contributed by atoms with Gasteiger partial charge in [-0.2, -0.15) is 5.10 Å². The number of phenolic OH excluding ortho intramolecular Hbond substituents is 1. The number of anilines is 1. The first-order valence-electron chi connectivity index (χ1n) is 5.72. The number of nitrogens with zero attached hydrogens (tertiary/aromatic N) is 2. The number of hydrogen-bond donors (Lipinski definition) is 2. The number of carbonyl (C=O) groups is 1. The van der Waals surface area contributed by atoms with Crippen LogP contribution in [0.3, 0.4) is 0 Å². The highest BCUT2D eigenvalue weighted by molar-refractivity contribution is 6.04. The molecule has 0 radical (unpaired) electrons. The Labute approximate surface area is 105 Å². The van der Waals surface area contributed by atoms with Gasteiger partial charge >= 0.3 is 0 Å². The van der Waals surface area contributed by atoms with E-state index in [0.29, 0.717) is 11.4 Å². The van der Waals surface area contributed by atoms with Crippen LogP contribution < -0.4 is 5.32 Å². The molecule has 5 heteroatoms. The van der Waals surface area contributed by atoms with E-state index in [1.54, 1.807) is 29.1 Å². The van der Waals surface area contributed by atoms with E-state index in [1.165, 1.54) is 12.1 Å². The Morgan fingerprint density at radius 2 is 2.17 bits per heavy atom. The van der Waals surface area contributed by atoms with E-state index in [9.17, 15) is 9.90 Å². The predicted molar refractivity (Wildman–Crippen MR) is 68.7 cm³/mol. The summed E-state index contributed by atoms with van der Waals surface area (Å²) >= 11 is 0. The monoisotopic (exact) mass is 245 g/mol. The third kappa shape index (κ3) is 2.51. The van der Waals surface area contributed by atoms with Crippen LogP contribution in [0.5, 0.6) is 5.75 Å². The predicted octanol–water partition coefficient (Wildman–Crippen LogP) is 2.42. The molecule has 2 aromatic rings. The second kappa shape index (κ2) is 4.91. The maximum Gasteiger partial charge on any atom is 0.256 e. The van der Waals surface area contributed by atoms with Gasteiger partial charge in [0.05, 0.1) is 6.20 Å². The van der Waals surface area contributed by atoms with Crippen molar-refractivity contribution in [3.8, 4) is 5.75 Å². The Bertz CT molecular complexity index is 561. The molecule has 0 atom stereocenters. The summed E-state index contributed by atoms with van der Waals surface area (Å²) < 4.78 is 1.72. The van der Waals surface area contributed by atoms with Crippen molar-refractivity contribution in [2.24, 2.45) is 0 Å². The summed E-state index contributed by atoms with van der Waals surface area (Å²) in [5.41, 5.74) is 0.409. The fourth-order valence-corrected chi connectivity index (χ4v) is 1.66. The molecule has 0 spiro atoms. The van der Waals surface area contributed by atoms with Gasteiger partial charge in [-0.05, 0) is 32.0 Å². The fourth-order valence-electron chi connectivity index (χ4n) is 1.66. The molecule has 94 valence electrons. The second-order valence-corrected chi connectivity index (χ2v) is 4.26. The number of hydrogen-bond acceptors (Lipinski definition) is 3. The standard InChI is InChI=1S/C13H15N3O2/c1-9(2)16-12(6-7-14-16)15-13(18)10-4-3-5-11(17)8-10/h3-9,17H,1-2H3,(H,15,18). The van der Waals surface area contributed by atoms with Crippen molar-refractivity contribution in [2.45, 2.75) is 19.9 Å². The summed E-state index contributed by atoms with van der Waals surface area (Å²) in [7, 11) is 0. The van der Waals surface area contributed by atoms with Crippen molar-refractivity contribution >= 4 is 11.7 Å². The average Bonchev–Trinajstić information content (AvgIpc) is 2.77. The van der Waals surface area contributed by atoms with Gasteiger partial charge in [-0.15, -0.1) is 0 Å². The van der Waals surface area contributed by atoms with E-state index in [4.69, 9.17) is 0 Å². The minimum atomic E-state index is -0.270. The van der Waals surface area contributed by atoms with Gasteiger partial charge in [0.15, 0.2) is 0 Å². The van der Waals surface area contributed by atoms with Crippen LogP contribution in [0.4, 0.5) is 5.82 Å². The van der Waals surface area contributed by atoms with E-state index in [2.05, 4.69) is 10.4 Å². The summed E-state index contributed by atoms with van der Waals surface area (Å²) in [6.07, 6.45) is 1.64. The lowest BCUT2D eigenvalue weighted by atomic mass is 10.2.